The molecule has 0 aliphatic heterocycles. The molecule has 0 rings (SSSR count). The van der Waals surface area contributed by atoms with Gasteiger partial charge in [0.1, 0.15) is 12.8 Å². The summed E-state index contributed by atoms with van der Waals surface area (Å²) in [7, 11) is 1.95. The Hall–Kier alpha value is -0.330. The van der Waals surface area contributed by atoms with E-state index in [2.05, 4.69) is 25.8 Å². The van der Waals surface area contributed by atoms with Crippen molar-refractivity contribution in [2.24, 2.45) is 5.92 Å². The normalized spacial score (nSPS) is 13.0. The van der Waals surface area contributed by atoms with E-state index in [1.807, 2.05) is 7.05 Å². The van der Waals surface area contributed by atoms with Crippen molar-refractivity contribution in [1.29, 1.82) is 0 Å². The van der Waals surface area contributed by atoms with Crippen LogP contribution in [0.15, 0.2) is 0 Å². The Morgan fingerprint density at radius 3 is 1.86 bits per heavy atom. The molecule has 0 bridgehead atoms. The molecule has 0 heterocycles. The molecule has 42 valence electrons. The summed E-state index contributed by atoms with van der Waals surface area (Å²) in [5.74, 6) is 0.671. The molecule has 0 aliphatic rings. The minimum absolute atomic E-state index is 0.671. The van der Waals surface area contributed by atoms with E-state index < -0.39 is 0 Å². The van der Waals surface area contributed by atoms with Crippen LogP contribution >= 0.6 is 0 Å². The lowest BCUT2D eigenvalue weighted by molar-refractivity contribution is -0.423. The number of nitrogens with one attached hydrogen (secondary N) is 1. The Kier molecular flexibility index (Phi) is 2.65. The van der Waals surface area contributed by atoms with Crippen LogP contribution < -0.4 is 4.99 Å². The molecule has 0 aromatic carbocycles. The van der Waals surface area contributed by atoms with E-state index in [9.17, 15) is 0 Å². The summed E-state index contributed by atoms with van der Waals surface area (Å²) in [5, 5.41) is 0. The predicted octanol–water partition coefficient (Wildman–Crippen LogP) is -0.186. The maximum Gasteiger partial charge on any atom is 0.149 e. The average molecular weight is 100 g/mol. The zero-order valence-corrected chi connectivity index (χ0v) is 5.58. The smallest absolute Gasteiger partial charge is 0.149 e. The largest absolute Gasteiger partial charge is 0.252 e. The van der Waals surface area contributed by atoms with Crippen LogP contribution in [-0.4, -0.2) is 12.8 Å². The highest BCUT2D eigenvalue weighted by atomic mass is 14.7. The molecule has 0 aliphatic carbocycles. The molecule has 0 aromatic rings. The molecular weight excluding hydrogens is 86.1 g/mol. The van der Waals surface area contributed by atoms with Gasteiger partial charge in [0.05, 0.1) is 0 Å². The molecule has 0 atom stereocenters. The molecule has 0 amide bonds. The van der Waals surface area contributed by atoms with Crippen LogP contribution in [0, 0.1) is 5.92 Å². The second-order valence-electron chi connectivity index (χ2n) is 2.09. The number of rotatable bonds is 1. The summed E-state index contributed by atoms with van der Waals surface area (Å²) < 4.78 is 0. The zero-order chi connectivity index (χ0) is 5.86. The average Bonchev–Trinajstić information content (AvgIpc) is 1.65. The van der Waals surface area contributed by atoms with E-state index in [1.54, 1.807) is 0 Å². The van der Waals surface area contributed by atoms with E-state index >= 15 is 0 Å². The Balaban J connectivity index is 3.56. The van der Waals surface area contributed by atoms with Gasteiger partial charge in [-0.2, -0.15) is 0 Å². The molecule has 1 nitrogen and oxygen atoms in total. The monoisotopic (exact) mass is 100 g/mol. The highest BCUT2D eigenvalue weighted by Crippen LogP contribution is 1.87. The quantitative estimate of drug-likeness (QED) is 0.439. The van der Waals surface area contributed by atoms with Crippen LogP contribution in [0.1, 0.15) is 20.8 Å². The molecule has 0 unspecified atom stereocenters. The molecule has 0 spiro atoms. The molecule has 0 aromatic heterocycles. The van der Waals surface area contributed by atoms with Crippen LogP contribution in [0.3, 0.4) is 0 Å². The fraction of sp³-hybridized carbons (Fsp3) is 0.833. The number of hydrogen-bond acceptors (Lipinski definition) is 0. The van der Waals surface area contributed by atoms with E-state index in [0.29, 0.717) is 5.92 Å². The Bertz CT molecular complexity index is 72.2. The van der Waals surface area contributed by atoms with Crippen molar-refractivity contribution in [3.05, 3.63) is 0 Å². The third-order valence-electron chi connectivity index (χ3n) is 1.26. The molecule has 1 heteroatoms. The zero-order valence-electron chi connectivity index (χ0n) is 5.58. The van der Waals surface area contributed by atoms with Gasteiger partial charge in [0.2, 0.25) is 0 Å². The Labute approximate surface area is 45.5 Å². The fourth-order valence-electron chi connectivity index (χ4n) is 0.289. The molecule has 0 saturated heterocycles. The van der Waals surface area contributed by atoms with Gasteiger partial charge in [0.25, 0.3) is 0 Å². The molecule has 0 saturated carbocycles. The molecule has 7 heavy (non-hydrogen) atoms. The summed E-state index contributed by atoms with van der Waals surface area (Å²) in [6, 6.07) is 0. The topological polar surface area (TPSA) is 14.0 Å². The van der Waals surface area contributed by atoms with Crippen molar-refractivity contribution in [2.75, 3.05) is 7.05 Å². The first-order valence-electron chi connectivity index (χ1n) is 2.69. The lowest BCUT2D eigenvalue weighted by Gasteiger charge is -1.92. The first kappa shape index (κ1) is 6.67. The fourth-order valence-corrected chi connectivity index (χ4v) is 0.289. The van der Waals surface area contributed by atoms with E-state index in [0.717, 1.165) is 0 Å². The summed E-state index contributed by atoms with van der Waals surface area (Å²) in [6.45, 7) is 6.45. The van der Waals surface area contributed by atoms with Crippen molar-refractivity contribution in [3.8, 4) is 0 Å². The van der Waals surface area contributed by atoms with Gasteiger partial charge in [0.15, 0.2) is 0 Å². The van der Waals surface area contributed by atoms with Crippen molar-refractivity contribution < 1.29 is 4.99 Å². The van der Waals surface area contributed by atoms with Crippen molar-refractivity contribution >= 4 is 5.71 Å². The highest BCUT2D eigenvalue weighted by molar-refractivity contribution is 5.77. The molecule has 1 N–H and O–H groups in total. The second kappa shape index (κ2) is 2.78. The predicted molar refractivity (Wildman–Crippen MR) is 32.4 cm³/mol. The summed E-state index contributed by atoms with van der Waals surface area (Å²) in [6.07, 6.45) is 0. The highest BCUT2D eigenvalue weighted by Gasteiger charge is 1.99. The van der Waals surface area contributed by atoms with E-state index in [-0.39, 0.29) is 0 Å². The minimum atomic E-state index is 0.671. The van der Waals surface area contributed by atoms with Crippen LogP contribution in [0.4, 0.5) is 0 Å². The Morgan fingerprint density at radius 2 is 1.86 bits per heavy atom. The Morgan fingerprint density at radius 1 is 1.43 bits per heavy atom. The van der Waals surface area contributed by atoms with E-state index in [4.69, 9.17) is 0 Å². The maximum atomic E-state index is 3.08. The molecule has 0 radical (unpaired) electrons. The van der Waals surface area contributed by atoms with Gasteiger partial charge in [-0.25, -0.2) is 0 Å². The van der Waals surface area contributed by atoms with Gasteiger partial charge >= 0.3 is 0 Å². The minimum Gasteiger partial charge on any atom is -0.252 e. The van der Waals surface area contributed by atoms with Gasteiger partial charge in [0, 0.05) is 12.8 Å². The van der Waals surface area contributed by atoms with Gasteiger partial charge in [-0.1, -0.05) is 13.8 Å². The van der Waals surface area contributed by atoms with Gasteiger partial charge in [-0.15, -0.1) is 0 Å². The SMILES string of the molecule is C[NH+]=C(C)C(C)C. The van der Waals surface area contributed by atoms with Crippen LogP contribution in [0.2, 0.25) is 0 Å². The molecular formula is C6H14N+. The summed E-state index contributed by atoms with van der Waals surface area (Å²) >= 11 is 0. The van der Waals surface area contributed by atoms with Crippen molar-refractivity contribution in [2.45, 2.75) is 20.8 Å². The third-order valence-corrected chi connectivity index (χ3v) is 1.26. The first-order chi connectivity index (χ1) is 3.18. The third kappa shape index (κ3) is 2.38. The lowest BCUT2D eigenvalue weighted by atomic mass is 10.1. The summed E-state index contributed by atoms with van der Waals surface area (Å²) in [5.41, 5.74) is 1.35. The lowest BCUT2D eigenvalue weighted by Crippen LogP contribution is -2.68. The number of hydrogen-bond donors (Lipinski definition) is 1. The van der Waals surface area contributed by atoms with Crippen LogP contribution in [0.5, 0.6) is 0 Å². The van der Waals surface area contributed by atoms with Crippen molar-refractivity contribution in [1.82, 2.24) is 0 Å². The van der Waals surface area contributed by atoms with Crippen LogP contribution in [0.25, 0.3) is 0 Å². The molecule has 0 fully saturated rings. The van der Waals surface area contributed by atoms with Crippen molar-refractivity contribution in [3.63, 3.8) is 0 Å². The van der Waals surface area contributed by atoms with E-state index in [1.165, 1.54) is 5.71 Å². The van der Waals surface area contributed by atoms with Gasteiger partial charge < -0.3 is 0 Å². The summed E-state index contributed by atoms with van der Waals surface area (Å²) in [4.78, 5) is 3.08. The standard InChI is InChI=1S/C6H13N/c1-5(2)6(3)7-4/h5H,1-4H3/p+1. The van der Waals surface area contributed by atoms with Gasteiger partial charge in [-0.3, -0.25) is 4.99 Å². The second-order valence-corrected chi connectivity index (χ2v) is 2.09. The first-order valence-corrected chi connectivity index (χ1v) is 2.69. The van der Waals surface area contributed by atoms with Gasteiger partial charge in [-0.05, 0) is 0 Å². The maximum absolute atomic E-state index is 3.08. The van der Waals surface area contributed by atoms with Crippen LogP contribution in [-0.2, 0) is 0 Å².